The van der Waals surface area contributed by atoms with Gasteiger partial charge in [0, 0.05) is 19.3 Å². The molecule has 1 unspecified atom stereocenters. The predicted molar refractivity (Wildman–Crippen MR) is 343 cm³/mol. The molecule has 79 heavy (non-hydrogen) atoms. The van der Waals surface area contributed by atoms with Crippen LogP contribution in [0.5, 0.6) is 0 Å². The number of ether oxygens (including phenoxy) is 3. The van der Waals surface area contributed by atoms with Crippen LogP contribution in [-0.4, -0.2) is 37.2 Å². The van der Waals surface area contributed by atoms with Crippen molar-refractivity contribution in [1.82, 2.24) is 0 Å². The van der Waals surface area contributed by atoms with Gasteiger partial charge in [0.05, 0.1) is 0 Å². The first-order valence-electron chi connectivity index (χ1n) is 33.4. The number of allylic oxidation sites excluding steroid dienone is 18. The van der Waals surface area contributed by atoms with Crippen molar-refractivity contribution in [3.05, 3.63) is 109 Å². The van der Waals surface area contributed by atoms with Crippen LogP contribution in [0, 0.1) is 0 Å². The van der Waals surface area contributed by atoms with Crippen molar-refractivity contribution in [2.75, 3.05) is 13.2 Å². The second-order valence-corrected chi connectivity index (χ2v) is 22.0. The van der Waals surface area contributed by atoms with E-state index in [2.05, 4.69) is 130 Å². The number of rotatable bonds is 60. The van der Waals surface area contributed by atoms with Crippen LogP contribution < -0.4 is 0 Å². The maximum absolute atomic E-state index is 12.9. The molecule has 1 atom stereocenters. The van der Waals surface area contributed by atoms with Gasteiger partial charge in [-0.15, -0.1) is 0 Å². The Morgan fingerprint density at radius 3 is 0.785 bits per heavy atom. The van der Waals surface area contributed by atoms with Crippen LogP contribution in [0.2, 0.25) is 0 Å². The van der Waals surface area contributed by atoms with E-state index in [1.54, 1.807) is 0 Å². The van der Waals surface area contributed by atoms with E-state index in [4.69, 9.17) is 14.2 Å². The molecular weight excluding hydrogens is 973 g/mol. The molecule has 0 heterocycles. The van der Waals surface area contributed by atoms with Crippen molar-refractivity contribution in [2.24, 2.45) is 0 Å². The molecule has 0 aromatic rings. The summed E-state index contributed by atoms with van der Waals surface area (Å²) in [6.45, 7) is 6.38. The second-order valence-electron chi connectivity index (χ2n) is 22.0. The first-order valence-corrected chi connectivity index (χ1v) is 33.4. The van der Waals surface area contributed by atoms with Gasteiger partial charge in [-0.25, -0.2) is 0 Å². The van der Waals surface area contributed by atoms with Crippen molar-refractivity contribution in [2.45, 2.75) is 322 Å². The van der Waals surface area contributed by atoms with Crippen LogP contribution in [0.25, 0.3) is 0 Å². The molecule has 0 bridgehead atoms. The van der Waals surface area contributed by atoms with E-state index < -0.39 is 6.10 Å². The van der Waals surface area contributed by atoms with Gasteiger partial charge in [0.2, 0.25) is 0 Å². The molecule has 0 aromatic heterocycles. The quantitative estimate of drug-likeness (QED) is 0.0261. The standard InChI is InChI=1S/C73H124O6/c1-4-7-10-13-16-19-22-24-26-28-30-31-32-33-34-35-36-37-38-39-40-41-43-44-46-48-51-54-57-60-63-66-72(75)78-69-70(68-77-71(74)65-62-59-56-53-50-21-18-15-12-9-6-3)79-73(76)67-64-61-58-55-52-49-47-45-42-29-27-25-23-20-17-14-11-8-5-2/h7-8,10-11,15-20,24-27,30-31,42,45,70H,4-6,9,12-14,21-23,28-29,32-41,43-44,46-69H2,1-3H3/b10-7-,11-8-,18-15-,19-16-,20-17-,26-24-,27-25-,31-30-,45-42-. The normalized spacial score (nSPS) is 12.8. The molecule has 0 saturated heterocycles. The molecular formula is C73H124O6. The van der Waals surface area contributed by atoms with E-state index in [-0.39, 0.29) is 31.1 Å². The van der Waals surface area contributed by atoms with Gasteiger partial charge in [-0.1, -0.05) is 291 Å². The maximum Gasteiger partial charge on any atom is 0.306 e. The SMILES string of the molecule is CC/C=C\C/C=C\C/C=C\C/C=C\CCCCCCCCCCCCCCCCCCCCC(=O)OCC(COC(=O)CCCCCCC/C=C\CCCC)OC(=O)CCCCCCCC/C=C\C/C=C\C/C=C\C/C=C\CC. The van der Waals surface area contributed by atoms with Crippen molar-refractivity contribution < 1.29 is 28.6 Å². The van der Waals surface area contributed by atoms with Crippen molar-refractivity contribution in [1.29, 1.82) is 0 Å². The molecule has 6 nitrogen and oxygen atoms in total. The van der Waals surface area contributed by atoms with Crippen LogP contribution >= 0.6 is 0 Å². The molecule has 6 heteroatoms. The van der Waals surface area contributed by atoms with Crippen molar-refractivity contribution in [3.63, 3.8) is 0 Å². The summed E-state index contributed by atoms with van der Waals surface area (Å²) < 4.78 is 16.9. The lowest BCUT2D eigenvalue weighted by Crippen LogP contribution is -2.30. The third kappa shape index (κ3) is 64.8. The van der Waals surface area contributed by atoms with Gasteiger partial charge < -0.3 is 14.2 Å². The highest BCUT2D eigenvalue weighted by molar-refractivity contribution is 5.71. The molecule has 0 aliphatic rings. The minimum absolute atomic E-state index is 0.0847. The maximum atomic E-state index is 12.9. The molecule has 0 fully saturated rings. The van der Waals surface area contributed by atoms with E-state index in [0.29, 0.717) is 19.3 Å². The van der Waals surface area contributed by atoms with Crippen molar-refractivity contribution in [3.8, 4) is 0 Å². The van der Waals surface area contributed by atoms with Crippen LogP contribution in [0.15, 0.2) is 109 Å². The summed E-state index contributed by atoms with van der Waals surface area (Å²) >= 11 is 0. The minimum atomic E-state index is -0.789. The summed E-state index contributed by atoms with van der Waals surface area (Å²) in [5.41, 5.74) is 0. The molecule has 0 rings (SSSR count). The summed E-state index contributed by atoms with van der Waals surface area (Å²) in [4.78, 5) is 38.3. The van der Waals surface area contributed by atoms with E-state index in [1.165, 1.54) is 148 Å². The Kier molecular flexibility index (Phi) is 63.3. The Morgan fingerprint density at radius 1 is 0.266 bits per heavy atom. The van der Waals surface area contributed by atoms with Gasteiger partial charge in [0.15, 0.2) is 6.10 Å². The zero-order chi connectivity index (χ0) is 57.1. The first-order chi connectivity index (χ1) is 39.0. The second kappa shape index (κ2) is 66.6. The summed E-state index contributed by atoms with van der Waals surface area (Å²) in [6.07, 6.45) is 91.2. The summed E-state index contributed by atoms with van der Waals surface area (Å²) in [6, 6.07) is 0. The lowest BCUT2D eigenvalue weighted by molar-refractivity contribution is -0.167. The average molecular weight is 1100 g/mol. The lowest BCUT2D eigenvalue weighted by Gasteiger charge is -2.18. The highest BCUT2D eigenvalue weighted by Crippen LogP contribution is 2.17. The zero-order valence-corrected chi connectivity index (χ0v) is 51.9. The number of hydrogen-bond donors (Lipinski definition) is 0. The van der Waals surface area contributed by atoms with E-state index in [9.17, 15) is 14.4 Å². The Labute approximate surface area is 489 Å². The Morgan fingerprint density at radius 2 is 0.494 bits per heavy atom. The molecule has 0 aliphatic heterocycles. The highest BCUT2D eigenvalue weighted by atomic mass is 16.6. The van der Waals surface area contributed by atoms with E-state index >= 15 is 0 Å². The van der Waals surface area contributed by atoms with Crippen LogP contribution in [0.3, 0.4) is 0 Å². The van der Waals surface area contributed by atoms with Gasteiger partial charge in [-0.2, -0.15) is 0 Å². The van der Waals surface area contributed by atoms with Crippen molar-refractivity contribution >= 4 is 17.9 Å². The zero-order valence-electron chi connectivity index (χ0n) is 51.9. The Hall–Kier alpha value is -3.93. The fourth-order valence-corrected chi connectivity index (χ4v) is 9.29. The van der Waals surface area contributed by atoms with Crippen LogP contribution in [0.4, 0.5) is 0 Å². The Balaban J connectivity index is 4.19. The largest absolute Gasteiger partial charge is 0.462 e. The molecule has 0 radical (unpaired) electrons. The smallest absolute Gasteiger partial charge is 0.306 e. The fourth-order valence-electron chi connectivity index (χ4n) is 9.29. The molecule has 0 N–H and O–H groups in total. The van der Waals surface area contributed by atoms with Crippen LogP contribution in [-0.2, 0) is 28.6 Å². The number of carbonyl (C=O) groups excluding carboxylic acids is 3. The number of esters is 3. The summed E-state index contributed by atoms with van der Waals surface area (Å²) in [7, 11) is 0. The van der Waals surface area contributed by atoms with Crippen LogP contribution in [0.1, 0.15) is 316 Å². The van der Waals surface area contributed by atoms with E-state index in [0.717, 1.165) is 128 Å². The van der Waals surface area contributed by atoms with Gasteiger partial charge in [-0.05, 0) is 116 Å². The molecule has 0 aromatic carbocycles. The minimum Gasteiger partial charge on any atom is -0.462 e. The fraction of sp³-hybridized carbons (Fsp3) is 0.712. The Bertz CT molecular complexity index is 1590. The van der Waals surface area contributed by atoms with E-state index in [1.807, 2.05) is 0 Å². The predicted octanol–water partition coefficient (Wildman–Crippen LogP) is 23.0. The summed E-state index contributed by atoms with van der Waals surface area (Å²) in [5, 5.41) is 0. The third-order valence-corrected chi connectivity index (χ3v) is 14.2. The lowest BCUT2D eigenvalue weighted by atomic mass is 10.0. The number of hydrogen-bond acceptors (Lipinski definition) is 6. The summed E-state index contributed by atoms with van der Waals surface area (Å²) in [5.74, 6) is -0.899. The highest BCUT2D eigenvalue weighted by Gasteiger charge is 2.19. The molecule has 0 aliphatic carbocycles. The van der Waals surface area contributed by atoms with Gasteiger partial charge in [-0.3, -0.25) is 14.4 Å². The molecule has 452 valence electrons. The molecule has 0 amide bonds. The first kappa shape index (κ1) is 75.1. The van der Waals surface area contributed by atoms with Gasteiger partial charge in [0.25, 0.3) is 0 Å². The van der Waals surface area contributed by atoms with Gasteiger partial charge in [0.1, 0.15) is 13.2 Å². The van der Waals surface area contributed by atoms with Gasteiger partial charge >= 0.3 is 17.9 Å². The number of unbranched alkanes of at least 4 members (excludes halogenated alkanes) is 31. The average Bonchev–Trinajstić information content (AvgIpc) is 3.45. The molecule has 0 saturated carbocycles. The topological polar surface area (TPSA) is 78.9 Å². The monoisotopic (exact) mass is 1100 g/mol. The third-order valence-electron chi connectivity index (χ3n) is 14.2. The number of carbonyl (C=O) groups is 3. The molecule has 0 spiro atoms.